The number of carbonyl (C=O) groups excluding carboxylic acids is 3. The van der Waals surface area contributed by atoms with Gasteiger partial charge in [-0.05, 0) is 24.5 Å². The number of imide groups is 1. The van der Waals surface area contributed by atoms with Gasteiger partial charge < -0.3 is 15.1 Å². The van der Waals surface area contributed by atoms with Crippen molar-refractivity contribution in [2.45, 2.75) is 43.7 Å². The van der Waals surface area contributed by atoms with E-state index in [0.29, 0.717) is 32.5 Å². The Hall–Kier alpha value is -2.48. The largest absolute Gasteiger partial charge is 0.331 e. The van der Waals surface area contributed by atoms with E-state index in [0.717, 1.165) is 29.7 Å². The number of hydrogen-bond acceptors (Lipinski definition) is 5. The van der Waals surface area contributed by atoms with E-state index in [2.05, 4.69) is 10.3 Å². The van der Waals surface area contributed by atoms with Gasteiger partial charge in [-0.3, -0.25) is 19.5 Å². The lowest BCUT2D eigenvalue weighted by molar-refractivity contribution is -0.142. The van der Waals surface area contributed by atoms with Crippen molar-refractivity contribution >= 4 is 17.8 Å². The van der Waals surface area contributed by atoms with Crippen LogP contribution in [0.2, 0.25) is 0 Å². The molecule has 8 nitrogen and oxygen atoms in total. The summed E-state index contributed by atoms with van der Waals surface area (Å²) in [6, 6.07) is 3.29. The van der Waals surface area contributed by atoms with Crippen LogP contribution in [0.4, 0.5) is 4.79 Å². The summed E-state index contributed by atoms with van der Waals surface area (Å²) in [7, 11) is 1.69. The van der Waals surface area contributed by atoms with E-state index in [-0.39, 0.29) is 30.4 Å². The van der Waals surface area contributed by atoms with Crippen LogP contribution >= 0.6 is 0 Å². The molecule has 1 N–H and O–H groups in total. The minimum atomic E-state index is -0.748. The highest BCUT2D eigenvalue weighted by molar-refractivity contribution is 6.09. The van der Waals surface area contributed by atoms with Gasteiger partial charge in [-0.2, -0.15) is 0 Å². The molecule has 2 aliphatic heterocycles. The molecule has 4 rings (SSSR count). The minimum Gasteiger partial charge on any atom is -0.331 e. The van der Waals surface area contributed by atoms with Gasteiger partial charge >= 0.3 is 6.03 Å². The Bertz CT molecular complexity index is 762. The molecule has 0 radical (unpaired) electrons. The molecule has 1 saturated carbocycles. The van der Waals surface area contributed by atoms with Gasteiger partial charge in [0.05, 0.1) is 6.04 Å². The fourth-order valence-electron chi connectivity index (χ4n) is 4.77. The molecule has 3 heterocycles. The average Bonchev–Trinajstić information content (AvgIpc) is 2.91. The monoisotopic (exact) mass is 385 g/mol. The van der Waals surface area contributed by atoms with E-state index >= 15 is 0 Å². The number of nitrogens with zero attached hydrogens (tertiary/aromatic N) is 4. The van der Waals surface area contributed by atoms with Crippen LogP contribution < -0.4 is 5.32 Å². The molecule has 3 aliphatic rings. The maximum atomic E-state index is 13.1. The molecule has 3 fully saturated rings. The second-order valence-corrected chi connectivity index (χ2v) is 7.92. The SMILES string of the molecule is CN1C(=O)N(CC(=O)N2CCNCC2c2cccnc2)C(=O)C12CCCCC2. The van der Waals surface area contributed by atoms with E-state index < -0.39 is 5.54 Å². The number of aromatic nitrogens is 1. The van der Waals surface area contributed by atoms with Crippen LogP contribution in [0.25, 0.3) is 0 Å². The Labute approximate surface area is 164 Å². The first-order valence-electron chi connectivity index (χ1n) is 10.0. The number of likely N-dealkylation sites (N-methyl/N-ethyl adjacent to an activating group) is 1. The van der Waals surface area contributed by atoms with E-state index in [9.17, 15) is 14.4 Å². The zero-order valence-electron chi connectivity index (χ0n) is 16.3. The highest BCUT2D eigenvalue weighted by Gasteiger charge is 2.56. The van der Waals surface area contributed by atoms with Crippen LogP contribution in [0.1, 0.15) is 43.7 Å². The molecule has 0 aromatic carbocycles. The van der Waals surface area contributed by atoms with Gasteiger partial charge in [0.2, 0.25) is 5.91 Å². The number of rotatable bonds is 3. The lowest BCUT2D eigenvalue weighted by Crippen LogP contribution is -2.52. The highest BCUT2D eigenvalue weighted by Crippen LogP contribution is 2.39. The smallest absolute Gasteiger partial charge is 0.327 e. The zero-order chi connectivity index (χ0) is 19.7. The molecule has 150 valence electrons. The van der Waals surface area contributed by atoms with Gasteiger partial charge in [0.15, 0.2) is 0 Å². The molecule has 1 aromatic rings. The van der Waals surface area contributed by atoms with Crippen LogP contribution in [-0.2, 0) is 9.59 Å². The first kappa shape index (κ1) is 18.9. The third-order valence-corrected chi connectivity index (χ3v) is 6.41. The van der Waals surface area contributed by atoms with Gasteiger partial charge in [-0.25, -0.2) is 4.79 Å². The fraction of sp³-hybridized carbons (Fsp3) is 0.600. The quantitative estimate of drug-likeness (QED) is 0.789. The lowest BCUT2D eigenvalue weighted by Gasteiger charge is -2.37. The molecule has 2 saturated heterocycles. The van der Waals surface area contributed by atoms with Crippen molar-refractivity contribution in [2.75, 3.05) is 33.2 Å². The summed E-state index contributed by atoms with van der Waals surface area (Å²) in [5.74, 6) is -0.403. The maximum absolute atomic E-state index is 13.1. The van der Waals surface area contributed by atoms with Crippen molar-refractivity contribution in [1.82, 2.24) is 25.0 Å². The molecule has 8 heteroatoms. The van der Waals surface area contributed by atoms with Gasteiger partial charge in [0, 0.05) is 39.1 Å². The van der Waals surface area contributed by atoms with Crippen molar-refractivity contribution in [2.24, 2.45) is 0 Å². The lowest BCUT2D eigenvalue weighted by atomic mass is 9.81. The van der Waals surface area contributed by atoms with E-state index in [4.69, 9.17) is 0 Å². The van der Waals surface area contributed by atoms with Crippen molar-refractivity contribution in [3.05, 3.63) is 30.1 Å². The molecule has 4 amide bonds. The summed E-state index contributed by atoms with van der Waals surface area (Å²) in [6.45, 7) is 1.66. The predicted molar refractivity (Wildman–Crippen MR) is 102 cm³/mol. The second kappa shape index (κ2) is 7.50. The number of hydrogen-bond donors (Lipinski definition) is 1. The molecule has 0 bridgehead atoms. The first-order valence-corrected chi connectivity index (χ1v) is 10.0. The summed E-state index contributed by atoms with van der Waals surface area (Å²) in [6.07, 6.45) is 7.79. The number of nitrogens with one attached hydrogen (secondary N) is 1. The van der Waals surface area contributed by atoms with E-state index in [1.165, 1.54) is 0 Å². The Balaban J connectivity index is 1.52. The topological polar surface area (TPSA) is 85.8 Å². The summed E-state index contributed by atoms with van der Waals surface area (Å²) in [5.41, 5.74) is 0.199. The number of urea groups is 1. The summed E-state index contributed by atoms with van der Waals surface area (Å²) in [4.78, 5) is 47.7. The van der Waals surface area contributed by atoms with Gasteiger partial charge in [-0.1, -0.05) is 25.3 Å². The minimum absolute atomic E-state index is 0.149. The molecule has 1 aliphatic carbocycles. The van der Waals surface area contributed by atoms with Crippen molar-refractivity contribution in [3.8, 4) is 0 Å². The molecular formula is C20H27N5O3. The normalized spacial score (nSPS) is 24.9. The van der Waals surface area contributed by atoms with Crippen molar-refractivity contribution in [3.63, 3.8) is 0 Å². The number of pyridine rings is 1. The first-order chi connectivity index (χ1) is 13.5. The molecule has 28 heavy (non-hydrogen) atoms. The molecular weight excluding hydrogens is 358 g/mol. The molecule has 1 unspecified atom stereocenters. The zero-order valence-corrected chi connectivity index (χ0v) is 16.3. The van der Waals surface area contributed by atoms with Gasteiger partial charge in [0.25, 0.3) is 5.91 Å². The maximum Gasteiger partial charge on any atom is 0.327 e. The summed E-state index contributed by atoms with van der Waals surface area (Å²) < 4.78 is 0. The average molecular weight is 385 g/mol. The van der Waals surface area contributed by atoms with Crippen LogP contribution in [-0.4, -0.2) is 76.3 Å². The Morgan fingerprint density at radius 1 is 1.29 bits per heavy atom. The van der Waals surface area contributed by atoms with Gasteiger partial charge in [0.1, 0.15) is 12.1 Å². The molecule has 1 spiro atoms. The standard InChI is InChI=1S/C20H27N5O3/c1-23-19(28)25(18(27)20(23)7-3-2-4-8-20)14-17(26)24-11-10-22-13-16(24)15-6-5-9-21-12-15/h5-6,9,12,16,22H,2-4,7-8,10-11,13-14H2,1H3. The van der Waals surface area contributed by atoms with E-state index in [1.807, 2.05) is 12.1 Å². The van der Waals surface area contributed by atoms with Crippen LogP contribution in [0.5, 0.6) is 0 Å². The third-order valence-electron chi connectivity index (χ3n) is 6.41. The summed E-state index contributed by atoms with van der Waals surface area (Å²) >= 11 is 0. The van der Waals surface area contributed by atoms with Crippen LogP contribution in [0, 0.1) is 0 Å². The predicted octanol–water partition coefficient (Wildman–Crippen LogP) is 1.15. The van der Waals surface area contributed by atoms with Crippen molar-refractivity contribution in [1.29, 1.82) is 0 Å². The van der Waals surface area contributed by atoms with Crippen molar-refractivity contribution < 1.29 is 14.4 Å². The number of carbonyl (C=O) groups is 3. The third kappa shape index (κ3) is 3.05. The number of amides is 4. The van der Waals surface area contributed by atoms with Crippen LogP contribution in [0.15, 0.2) is 24.5 Å². The Morgan fingerprint density at radius 2 is 2.07 bits per heavy atom. The summed E-state index contributed by atoms with van der Waals surface area (Å²) in [5, 5.41) is 3.31. The Morgan fingerprint density at radius 3 is 2.79 bits per heavy atom. The fourth-order valence-corrected chi connectivity index (χ4v) is 4.77. The number of piperazine rings is 1. The highest BCUT2D eigenvalue weighted by atomic mass is 16.2. The second-order valence-electron chi connectivity index (χ2n) is 7.92. The van der Waals surface area contributed by atoms with E-state index in [1.54, 1.807) is 29.2 Å². The Kier molecular flexibility index (Phi) is 5.05. The van der Waals surface area contributed by atoms with Crippen LogP contribution in [0.3, 0.4) is 0 Å². The molecule has 1 aromatic heterocycles. The molecule has 1 atom stereocenters. The van der Waals surface area contributed by atoms with Gasteiger partial charge in [-0.15, -0.1) is 0 Å².